The van der Waals surface area contributed by atoms with Crippen LogP contribution in [0.25, 0.3) is 21.9 Å². The molecule has 1 atom stereocenters. The number of nitrogens with zero attached hydrogens (tertiary/aromatic N) is 6. The molecule has 1 unspecified atom stereocenters. The van der Waals surface area contributed by atoms with Gasteiger partial charge in [-0.1, -0.05) is 42.5 Å². The van der Waals surface area contributed by atoms with Crippen molar-refractivity contribution in [3.63, 3.8) is 0 Å². The Balaban J connectivity index is 1.53. The number of rotatable bonds is 5. The zero-order chi connectivity index (χ0) is 25.4. The van der Waals surface area contributed by atoms with E-state index in [4.69, 9.17) is 5.73 Å². The third-order valence-corrected chi connectivity index (χ3v) is 7.14. The fraction of sp³-hybridized carbons (Fsp3) is 0.241. The van der Waals surface area contributed by atoms with Gasteiger partial charge in [0.2, 0.25) is 0 Å². The van der Waals surface area contributed by atoms with E-state index in [1.807, 2.05) is 65.2 Å². The van der Waals surface area contributed by atoms with Crippen LogP contribution in [0, 0.1) is 11.3 Å². The Morgan fingerprint density at radius 2 is 1.86 bits per heavy atom. The van der Waals surface area contributed by atoms with E-state index in [9.17, 15) is 10.1 Å². The Hall–Kier alpha value is -4.48. The standard InChI is InChI=1S/C29H27N7O/c30-16-23-26-27(29(37)34(19-33-26)17-21-11-12-24-22(15-21)9-6-13-32-24)36(18-20-7-2-1-3-8-20)28(23)35-14-5-4-10-25(35)31/h1-3,6-9,11-13,15,19,25H,4-5,10,14,17-18,31H2. The van der Waals surface area contributed by atoms with Gasteiger partial charge < -0.3 is 15.2 Å². The highest BCUT2D eigenvalue weighted by molar-refractivity contribution is 5.89. The number of hydrogen-bond acceptors (Lipinski definition) is 6. The minimum atomic E-state index is -0.215. The first kappa shape index (κ1) is 23.0. The van der Waals surface area contributed by atoms with Crippen LogP contribution in [0.2, 0.25) is 0 Å². The molecule has 1 saturated heterocycles. The predicted octanol–water partition coefficient (Wildman–Crippen LogP) is 3.99. The zero-order valence-electron chi connectivity index (χ0n) is 20.4. The Labute approximate surface area is 214 Å². The number of pyridine rings is 1. The summed E-state index contributed by atoms with van der Waals surface area (Å²) < 4.78 is 3.56. The van der Waals surface area contributed by atoms with Crippen LogP contribution in [0.1, 0.15) is 36.0 Å². The number of piperidine rings is 1. The van der Waals surface area contributed by atoms with Crippen molar-refractivity contribution in [2.45, 2.75) is 38.5 Å². The lowest BCUT2D eigenvalue weighted by Gasteiger charge is -2.35. The van der Waals surface area contributed by atoms with Crippen molar-refractivity contribution < 1.29 is 0 Å². The van der Waals surface area contributed by atoms with Gasteiger partial charge in [0.25, 0.3) is 5.56 Å². The molecular formula is C29H27N7O. The maximum Gasteiger partial charge on any atom is 0.278 e. The van der Waals surface area contributed by atoms with Crippen molar-refractivity contribution in [3.05, 3.63) is 100 Å². The van der Waals surface area contributed by atoms with Crippen molar-refractivity contribution in [1.29, 1.82) is 5.26 Å². The number of anilines is 1. The van der Waals surface area contributed by atoms with E-state index >= 15 is 0 Å². The van der Waals surface area contributed by atoms with Gasteiger partial charge in [0.05, 0.1) is 24.6 Å². The van der Waals surface area contributed by atoms with Crippen LogP contribution in [0.3, 0.4) is 0 Å². The van der Waals surface area contributed by atoms with E-state index < -0.39 is 0 Å². The second kappa shape index (κ2) is 9.52. The van der Waals surface area contributed by atoms with Crippen LogP contribution in [0.5, 0.6) is 0 Å². The SMILES string of the molecule is N#Cc1c(N2CCCCC2N)n(Cc2ccccc2)c2c(=O)n(Cc3ccc4ncccc4c3)cnc12. The van der Waals surface area contributed by atoms with Crippen molar-refractivity contribution >= 4 is 27.8 Å². The first-order chi connectivity index (χ1) is 18.1. The van der Waals surface area contributed by atoms with Gasteiger partial charge in [-0.15, -0.1) is 0 Å². The van der Waals surface area contributed by atoms with Crippen LogP contribution in [-0.4, -0.2) is 31.8 Å². The van der Waals surface area contributed by atoms with Crippen LogP contribution in [-0.2, 0) is 13.1 Å². The van der Waals surface area contributed by atoms with Gasteiger partial charge in [0.15, 0.2) is 0 Å². The van der Waals surface area contributed by atoms with Crippen molar-refractivity contribution in [1.82, 2.24) is 19.1 Å². The summed E-state index contributed by atoms with van der Waals surface area (Å²) in [5, 5.41) is 11.2. The molecule has 8 nitrogen and oxygen atoms in total. The molecule has 8 heteroatoms. The van der Waals surface area contributed by atoms with E-state index in [2.05, 4.69) is 20.9 Å². The third kappa shape index (κ3) is 4.13. The smallest absolute Gasteiger partial charge is 0.278 e. The molecule has 0 aliphatic carbocycles. The number of benzene rings is 2. The van der Waals surface area contributed by atoms with E-state index in [1.54, 1.807) is 17.1 Å². The van der Waals surface area contributed by atoms with Crippen LogP contribution in [0.15, 0.2) is 78.0 Å². The minimum absolute atomic E-state index is 0.180. The number of hydrogen-bond donors (Lipinski definition) is 1. The third-order valence-electron chi connectivity index (χ3n) is 7.14. The summed E-state index contributed by atoms with van der Waals surface area (Å²) in [6.07, 6.45) is 5.97. The van der Waals surface area contributed by atoms with E-state index in [1.165, 1.54) is 0 Å². The molecule has 184 valence electrons. The zero-order valence-corrected chi connectivity index (χ0v) is 20.4. The lowest BCUT2D eigenvalue weighted by Crippen LogP contribution is -2.46. The molecule has 1 aliphatic heterocycles. The Kier molecular flexibility index (Phi) is 5.91. The average Bonchev–Trinajstić information content (AvgIpc) is 3.24. The topological polar surface area (TPSA) is 106 Å². The van der Waals surface area contributed by atoms with Crippen LogP contribution >= 0.6 is 0 Å². The summed E-state index contributed by atoms with van der Waals surface area (Å²) in [6, 6.07) is 22.2. The molecule has 0 radical (unpaired) electrons. The number of aromatic nitrogens is 4. The van der Waals surface area contributed by atoms with Gasteiger partial charge in [-0.25, -0.2) is 4.98 Å². The van der Waals surface area contributed by atoms with Crippen molar-refractivity contribution in [2.75, 3.05) is 11.4 Å². The first-order valence-electron chi connectivity index (χ1n) is 12.6. The molecule has 4 heterocycles. The largest absolute Gasteiger partial charge is 0.342 e. The normalized spacial score (nSPS) is 15.8. The molecule has 37 heavy (non-hydrogen) atoms. The molecule has 2 aromatic carbocycles. The van der Waals surface area contributed by atoms with E-state index in [0.717, 1.165) is 47.8 Å². The predicted molar refractivity (Wildman–Crippen MR) is 144 cm³/mol. The average molecular weight is 490 g/mol. The number of nitrogens with two attached hydrogens (primary N) is 1. The van der Waals surface area contributed by atoms with Gasteiger partial charge >= 0.3 is 0 Å². The number of fused-ring (bicyclic) bond motifs is 2. The fourth-order valence-electron chi connectivity index (χ4n) is 5.33. The van der Waals surface area contributed by atoms with Gasteiger partial charge in [0.1, 0.15) is 28.5 Å². The van der Waals surface area contributed by atoms with Gasteiger partial charge in [-0.2, -0.15) is 5.26 Å². The molecule has 6 rings (SSSR count). The highest BCUT2D eigenvalue weighted by Crippen LogP contribution is 2.33. The second-order valence-corrected chi connectivity index (χ2v) is 9.54. The summed E-state index contributed by atoms with van der Waals surface area (Å²) in [4.78, 5) is 25.1. The van der Waals surface area contributed by atoms with E-state index in [-0.39, 0.29) is 11.7 Å². The van der Waals surface area contributed by atoms with E-state index in [0.29, 0.717) is 35.5 Å². The first-order valence-corrected chi connectivity index (χ1v) is 12.6. The summed E-state index contributed by atoms with van der Waals surface area (Å²) in [5.74, 6) is 0.688. The van der Waals surface area contributed by atoms with Crippen molar-refractivity contribution in [2.24, 2.45) is 5.73 Å². The molecule has 1 fully saturated rings. The maximum atomic E-state index is 14.0. The van der Waals surface area contributed by atoms with Gasteiger partial charge in [0, 0.05) is 24.7 Å². The molecule has 0 spiro atoms. The Morgan fingerprint density at radius 3 is 2.68 bits per heavy atom. The summed E-state index contributed by atoms with van der Waals surface area (Å²) in [5.41, 5.74) is 10.5. The maximum absolute atomic E-state index is 14.0. The minimum Gasteiger partial charge on any atom is -0.342 e. The lowest BCUT2D eigenvalue weighted by atomic mass is 10.1. The van der Waals surface area contributed by atoms with Gasteiger partial charge in [-0.3, -0.25) is 14.3 Å². The van der Waals surface area contributed by atoms with Crippen LogP contribution in [0.4, 0.5) is 5.82 Å². The Morgan fingerprint density at radius 1 is 1.00 bits per heavy atom. The monoisotopic (exact) mass is 489 g/mol. The summed E-state index contributed by atoms with van der Waals surface area (Å²) >= 11 is 0. The Bertz CT molecular complexity index is 1700. The summed E-state index contributed by atoms with van der Waals surface area (Å²) in [6.45, 7) is 1.55. The molecule has 1 aliphatic rings. The highest BCUT2D eigenvalue weighted by atomic mass is 16.1. The molecule has 3 aromatic heterocycles. The molecule has 2 N–H and O–H groups in total. The molecule has 5 aromatic rings. The molecule has 0 amide bonds. The second-order valence-electron chi connectivity index (χ2n) is 9.54. The highest BCUT2D eigenvalue weighted by Gasteiger charge is 2.30. The van der Waals surface area contributed by atoms with Crippen LogP contribution < -0.4 is 16.2 Å². The lowest BCUT2D eigenvalue weighted by molar-refractivity contribution is 0.461. The molecule has 0 bridgehead atoms. The molecule has 0 saturated carbocycles. The fourth-order valence-corrected chi connectivity index (χ4v) is 5.33. The summed E-state index contributed by atoms with van der Waals surface area (Å²) in [7, 11) is 0. The number of nitriles is 1. The van der Waals surface area contributed by atoms with Crippen molar-refractivity contribution in [3.8, 4) is 6.07 Å². The van der Waals surface area contributed by atoms with Gasteiger partial charge in [-0.05, 0) is 48.6 Å². The molecular weight excluding hydrogens is 462 g/mol. The quantitative estimate of drug-likeness (QED) is 0.400.